The van der Waals surface area contributed by atoms with Crippen molar-refractivity contribution in [3.8, 4) is 0 Å². The molecule has 0 aliphatic heterocycles. The highest BCUT2D eigenvalue weighted by Crippen LogP contribution is 2.07. The maximum absolute atomic E-state index is 11.8. The largest absolute Gasteiger partial charge is 0.481 e. The molecule has 0 saturated carbocycles. The van der Waals surface area contributed by atoms with Gasteiger partial charge in [0.05, 0.1) is 34.0 Å². The van der Waals surface area contributed by atoms with Crippen molar-refractivity contribution in [1.29, 1.82) is 0 Å². The summed E-state index contributed by atoms with van der Waals surface area (Å²) >= 11 is 0. The van der Waals surface area contributed by atoms with E-state index in [1.165, 1.54) is 19.3 Å². The second kappa shape index (κ2) is 11.9. The molecule has 0 aromatic carbocycles. The third-order valence-electron chi connectivity index (χ3n) is 3.09. The zero-order valence-electron chi connectivity index (χ0n) is 15.0. The number of esters is 1. The average molecular weight is 326 g/mol. The number of aliphatic carboxylic acids is 1. The van der Waals surface area contributed by atoms with Gasteiger partial charge in [-0.2, -0.15) is 0 Å². The minimum absolute atomic E-state index is 0.159. The fourth-order valence-corrected chi connectivity index (χ4v) is 2.11. The van der Waals surface area contributed by atoms with Crippen LogP contribution < -0.4 is 0 Å². The Morgan fingerprint density at radius 1 is 1.13 bits per heavy atom. The number of unbranched alkanes of at least 4 members (excludes halogenated alkanes) is 3. The molecule has 1 atom stereocenters. The zero-order valence-corrected chi connectivity index (χ0v) is 15.0. The molecule has 0 heterocycles. The number of quaternary nitrogens is 1. The number of rotatable bonds is 12. The van der Waals surface area contributed by atoms with Crippen molar-refractivity contribution < 1.29 is 23.9 Å². The van der Waals surface area contributed by atoms with E-state index in [0.717, 1.165) is 6.42 Å². The lowest BCUT2D eigenvalue weighted by atomic mass is 10.2. The van der Waals surface area contributed by atoms with Crippen LogP contribution in [0.5, 0.6) is 0 Å². The van der Waals surface area contributed by atoms with Crippen LogP contribution in [-0.4, -0.2) is 55.3 Å². The zero-order chi connectivity index (χ0) is 17.7. The lowest BCUT2D eigenvalue weighted by molar-refractivity contribution is -0.873. The summed E-state index contributed by atoms with van der Waals surface area (Å²) in [6.45, 7) is 2.64. The van der Waals surface area contributed by atoms with Crippen molar-refractivity contribution in [3.05, 3.63) is 24.3 Å². The maximum Gasteiger partial charge on any atom is 0.310 e. The van der Waals surface area contributed by atoms with Gasteiger partial charge in [-0.15, -0.1) is 0 Å². The van der Waals surface area contributed by atoms with E-state index < -0.39 is 12.1 Å². The first-order valence-electron chi connectivity index (χ1n) is 8.28. The van der Waals surface area contributed by atoms with Crippen molar-refractivity contribution in [1.82, 2.24) is 0 Å². The Labute approximate surface area is 140 Å². The van der Waals surface area contributed by atoms with Crippen molar-refractivity contribution in [2.24, 2.45) is 0 Å². The number of allylic oxidation sites excluding steroid dienone is 3. The summed E-state index contributed by atoms with van der Waals surface area (Å²) in [5.41, 5.74) is 0. The summed E-state index contributed by atoms with van der Waals surface area (Å²) in [6, 6.07) is 0. The van der Waals surface area contributed by atoms with Crippen LogP contribution >= 0.6 is 0 Å². The van der Waals surface area contributed by atoms with Crippen LogP contribution in [0.1, 0.15) is 45.4 Å². The van der Waals surface area contributed by atoms with E-state index in [9.17, 15) is 9.59 Å². The van der Waals surface area contributed by atoms with Crippen LogP contribution in [0, 0.1) is 0 Å². The van der Waals surface area contributed by atoms with Gasteiger partial charge in [-0.25, -0.2) is 0 Å². The molecule has 0 aromatic rings. The number of hydrogen-bond acceptors (Lipinski definition) is 3. The fourth-order valence-electron chi connectivity index (χ4n) is 2.11. The maximum atomic E-state index is 11.8. The normalized spacial score (nSPS) is 13.6. The molecule has 0 radical (unpaired) electrons. The predicted octanol–water partition coefficient (Wildman–Crippen LogP) is 3.16. The lowest BCUT2D eigenvalue weighted by Gasteiger charge is -2.28. The number of nitrogens with zero attached hydrogens (tertiary/aromatic N) is 1. The Kier molecular flexibility index (Phi) is 11.0. The van der Waals surface area contributed by atoms with Gasteiger partial charge >= 0.3 is 11.9 Å². The molecule has 0 aromatic heterocycles. The van der Waals surface area contributed by atoms with Crippen LogP contribution in [0.3, 0.4) is 0 Å². The smallest absolute Gasteiger partial charge is 0.310 e. The first-order chi connectivity index (χ1) is 10.7. The van der Waals surface area contributed by atoms with Crippen molar-refractivity contribution in [2.75, 3.05) is 27.7 Å². The third kappa shape index (κ3) is 15.1. The van der Waals surface area contributed by atoms with E-state index >= 15 is 0 Å². The van der Waals surface area contributed by atoms with E-state index in [0.29, 0.717) is 11.0 Å². The van der Waals surface area contributed by atoms with Gasteiger partial charge < -0.3 is 14.3 Å². The molecule has 0 bridgehead atoms. The van der Waals surface area contributed by atoms with Gasteiger partial charge in [-0.3, -0.25) is 9.59 Å². The second-order valence-electron chi connectivity index (χ2n) is 6.74. The van der Waals surface area contributed by atoms with Gasteiger partial charge in [0, 0.05) is 0 Å². The molecular weight excluding hydrogens is 294 g/mol. The molecule has 1 unspecified atom stereocenters. The van der Waals surface area contributed by atoms with Crippen LogP contribution in [-0.2, 0) is 14.3 Å². The second-order valence-corrected chi connectivity index (χ2v) is 6.74. The predicted molar refractivity (Wildman–Crippen MR) is 92.1 cm³/mol. The van der Waals surface area contributed by atoms with E-state index in [-0.39, 0.29) is 18.8 Å². The van der Waals surface area contributed by atoms with Gasteiger partial charge in [0.1, 0.15) is 6.54 Å². The summed E-state index contributed by atoms with van der Waals surface area (Å²) in [7, 11) is 5.81. The van der Waals surface area contributed by atoms with Crippen LogP contribution in [0.2, 0.25) is 0 Å². The Morgan fingerprint density at radius 3 is 2.35 bits per heavy atom. The standard InChI is InChI=1S/C18H31NO4/c1-5-6-7-8-9-10-11-12-13-18(22)23-16(14-17(20)21)15-19(2,3)4/h9-12,16H,5-8,13-15H2,1-4H3/p+1/b10-9+,12-11+. The topological polar surface area (TPSA) is 63.6 Å². The quantitative estimate of drug-likeness (QED) is 0.259. The SMILES string of the molecule is CCCCC/C=C/C=C/CC(=O)OC(CC(=O)O)C[N+](C)(C)C. The summed E-state index contributed by atoms with van der Waals surface area (Å²) in [4.78, 5) is 22.7. The molecule has 5 heteroatoms. The van der Waals surface area contributed by atoms with E-state index in [1.807, 2.05) is 33.3 Å². The highest BCUT2D eigenvalue weighted by molar-refractivity contribution is 5.72. The van der Waals surface area contributed by atoms with Gasteiger partial charge in [0.2, 0.25) is 0 Å². The molecule has 0 aliphatic carbocycles. The van der Waals surface area contributed by atoms with Crippen molar-refractivity contribution in [2.45, 2.75) is 51.6 Å². The Morgan fingerprint density at radius 2 is 1.78 bits per heavy atom. The lowest BCUT2D eigenvalue weighted by Crippen LogP contribution is -2.43. The Bertz CT molecular complexity index is 408. The molecule has 0 saturated heterocycles. The van der Waals surface area contributed by atoms with Crippen LogP contribution in [0.15, 0.2) is 24.3 Å². The van der Waals surface area contributed by atoms with Crippen molar-refractivity contribution >= 4 is 11.9 Å². The number of carboxylic acid groups (broad SMARTS) is 1. The number of carbonyl (C=O) groups is 2. The van der Waals surface area contributed by atoms with E-state index in [4.69, 9.17) is 9.84 Å². The molecule has 1 N–H and O–H groups in total. The van der Waals surface area contributed by atoms with Gasteiger partial charge in [-0.1, -0.05) is 44.1 Å². The van der Waals surface area contributed by atoms with Gasteiger partial charge in [-0.05, 0) is 12.8 Å². The summed E-state index contributed by atoms with van der Waals surface area (Å²) in [6.07, 6.45) is 11.7. The fraction of sp³-hybridized carbons (Fsp3) is 0.667. The number of hydrogen-bond donors (Lipinski definition) is 1. The summed E-state index contributed by atoms with van der Waals surface area (Å²) in [5.74, 6) is -1.35. The first-order valence-corrected chi connectivity index (χ1v) is 8.28. The van der Waals surface area contributed by atoms with E-state index in [1.54, 1.807) is 6.08 Å². The molecule has 0 amide bonds. The minimum atomic E-state index is -0.957. The molecule has 0 fully saturated rings. The van der Waals surface area contributed by atoms with E-state index in [2.05, 4.69) is 13.0 Å². The van der Waals surface area contributed by atoms with Gasteiger partial charge in [0.25, 0.3) is 0 Å². The van der Waals surface area contributed by atoms with Crippen LogP contribution in [0.4, 0.5) is 0 Å². The summed E-state index contributed by atoms with van der Waals surface area (Å²) < 4.78 is 5.83. The number of carboxylic acids is 1. The molecule has 132 valence electrons. The molecule has 0 aliphatic rings. The molecule has 5 nitrogen and oxygen atoms in total. The third-order valence-corrected chi connectivity index (χ3v) is 3.09. The molecular formula is C18H32NO4+. The number of carbonyl (C=O) groups excluding carboxylic acids is 1. The monoisotopic (exact) mass is 326 g/mol. The molecule has 23 heavy (non-hydrogen) atoms. The Balaban J connectivity index is 4.18. The molecule has 0 rings (SSSR count). The molecule has 0 spiro atoms. The van der Waals surface area contributed by atoms with Crippen molar-refractivity contribution in [3.63, 3.8) is 0 Å². The highest BCUT2D eigenvalue weighted by atomic mass is 16.5. The minimum Gasteiger partial charge on any atom is -0.481 e. The van der Waals surface area contributed by atoms with Gasteiger partial charge in [0.15, 0.2) is 6.10 Å². The number of ether oxygens (including phenoxy) is 1. The summed E-state index contributed by atoms with van der Waals surface area (Å²) in [5, 5.41) is 8.91. The number of likely N-dealkylation sites (N-methyl/N-ethyl adjacent to an activating group) is 1. The average Bonchev–Trinajstić information content (AvgIpc) is 2.39. The van der Waals surface area contributed by atoms with Crippen LogP contribution in [0.25, 0.3) is 0 Å². The Hall–Kier alpha value is -1.62. The first kappa shape index (κ1) is 21.4. The highest BCUT2D eigenvalue weighted by Gasteiger charge is 2.24.